The van der Waals surface area contributed by atoms with Crippen LogP contribution < -0.4 is 0 Å². The van der Waals surface area contributed by atoms with Crippen molar-refractivity contribution in [1.29, 1.82) is 0 Å². The van der Waals surface area contributed by atoms with Crippen LogP contribution in [0.3, 0.4) is 0 Å². The quantitative estimate of drug-likeness (QED) is 0.772. The molecule has 3 aliphatic heterocycles. The van der Waals surface area contributed by atoms with Gasteiger partial charge in [0.25, 0.3) is 0 Å². The summed E-state index contributed by atoms with van der Waals surface area (Å²) < 4.78 is 6.54. The molecule has 5 rings (SSSR count). The summed E-state index contributed by atoms with van der Waals surface area (Å²) in [4.78, 5) is 15.2. The number of carbonyl (C=O) groups is 1. The lowest BCUT2D eigenvalue weighted by atomic mass is 9.76. The van der Waals surface area contributed by atoms with Gasteiger partial charge in [0.2, 0.25) is 0 Å². The maximum Gasteiger partial charge on any atom is 0.183 e. The average Bonchev–Trinajstić information content (AvgIpc) is 2.91. The molecule has 4 heterocycles. The number of hydrogen-bond acceptors (Lipinski definition) is 4. The van der Waals surface area contributed by atoms with Gasteiger partial charge in [0.1, 0.15) is 5.69 Å². The molecule has 110 valence electrons. The summed E-state index contributed by atoms with van der Waals surface area (Å²) in [5, 5.41) is 1.01. The summed E-state index contributed by atoms with van der Waals surface area (Å²) in [6.45, 7) is 3.55. The zero-order valence-corrected chi connectivity index (χ0v) is 14.1. The summed E-state index contributed by atoms with van der Waals surface area (Å²) in [7, 11) is 0. The molecule has 3 nitrogen and oxygen atoms in total. The maximum atomic E-state index is 12.7. The van der Waals surface area contributed by atoms with E-state index in [0.717, 1.165) is 27.0 Å². The number of fused-ring (bicyclic) bond motifs is 4. The normalized spacial score (nSPS) is 28.1. The van der Waals surface area contributed by atoms with Crippen LogP contribution in [0.4, 0.5) is 0 Å². The topological polar surface area (TPSA) is 33.2 Å². The molecule has 21 heavy (non-hydrogen) atoms. The Morgan fingerprint density at radius 3 is 2.90 bits per heavy atom. The van der Waals surface area contributed by atoms with Gasteiger partial charge >= 0.3 is 0 Å². The van der Waals surface area contributed by atoms with E-state index in [4.69, 9.17) is 0 Å². The Kier molecular flexibility index (Phi) is 3.59. The maximum absolute atomic E-state index is 12.7. The van der Waals surface area contributed by atoms with Crippen molar-refractivity contribution in [2.45, 2.75) is 19.3 Å². The molecule has 1 atom stereocenters. The van der Waals surface area contributed by atoms with E-state index in [2.05, 4.69) is 25.2 Å². The number of halogens is 1. The van der Waals surface area contributed by atoms with Crippen LogP contribution in [-0.4, -0.2) is 34.7 Å². The first-order chi connectivity index (χ1) is 10.2. The molecule has 2 bridgehead atoms. The fourth-order valence-electron chi connectivity index (χ4n) is 3.77. The van der Waals surface area contributed by atoms with Crippen LogP contribution in [0.15, 0.2) is 22.7 Å². The Morgan fingerprint density at radius 1 is 1.38 bits per heavy atom. The number of Topliss-reactive ketones (excluding diaryl/α,β-unsaturated/α-hetero) is 1. The van der Waals surface area contributed by atoms with E-state index < -0.39 is 0 Å². The van der Waals surface area contributed by atoms with Crippen LogP contribution in [-0.2, 0) is 0 Å². The molecular formula is C16H17BrN2OS. The molecule has 0 N–H and O–H groups in total. The van der Waals surface area contributed by atoms with E-state index in [9.17, 15) is 4.79 Å². The van der Waals surface area contributed by atoms with Crippen LogP contribution in [0.1, 0.15) is 29.8 Å². The van der Waals surface area contributed by atoms with Crippen molar-refractivity contribution in [2.75, 3.05) is 19.6 Å². The molecule has 0 spiro atoms. The summed E-state index contributed by atoms with van der Waals surface area (Å²) >= 11 is 4.89. The Bertz CT molecular complexity index is 691. The zero-order valence-electron chi connectivity index (χ0n) is 11.7. The molecule has 0 unspecified atom stereocenters. The first kappa shape index (κ1) is 13.9. The highest BCUT2D eigenvalue weighted by Crippen LogP contribution is 2.35. The van der Waals surface area contributed by atoms with Crippen molar-refractivity contribution in [1.82, 2.24) is 9.27 Å². The molecule has 1 aromatic heterocycles. The van der Waals surface area contributed by atoms with E-state index in [-0.39, 0.29) is 5.78 Å². The van der Waals surface area contributed by atoms with Crippen molar-refractivity contribution in [3.05, 3.63) is 28.4 Å². The van der Waals surface area contributed by atoms with Crippen molar-refractivity contribution >= 4 is 43.3 Å². The minimum atomic E-state index is 0.224. The number of aromatic nitrogens is 1. The number of benzene rings is 1. The number of carbonyl (C=O) groups excluding carboxylic acids is 1. The fraction of sp³-hybridized carbons (Fsp3) is 0.500. The van der Waals surface area contributed by atoms with Crippen molar-refractivity contribution in [3.8, 4) is 0 Å². The Morgan fingerprint density at radius 2 is 2.19 bits per heavy atom. The van der Waals surface area contributed by atoms with Gasteiger partial charge < -0.3 is 4.90 Å². The lowest BCUT2D eigenvalue weighted by Gasteiger charge is -2.44. The van der Waals surface area contributed by atoms with Crippen molar-refractivity contribution < 1.29 is 4.79 Å². The van der Waals surface area contributed by atoms with Gasteiger partial charge in [-0.05, 0) is 61.4 Å². The number of nitrogens with zero attached hydrogens (tertiary/aromatic N) is 2. The molecular weight excluding hydrogens is 348 g/mol. The average molecular weight is 365 g/mol. The van der Waals surface area contributed by atoms with Crippen LogP contribution in [0.2, 0.25) is 0 Å². The molecule has 5 heteroatoms. The highest BCUT2D eigenvalue weighted by molar-refractivity contribution is 9.10. The molecule has 2 aromatic rings. The molecule has 0 saturated carbocycles. The summed E-state index contributed by atoms with van der Waals surface area (Å²) in [5.41, 5.74) is 0.680. The Labute approximate surface area is 136 Å². The predicted molar refractivity (Wildman–Crippen MR) is 88.9 cm³/mol. The van der Waals surface area contributed by atoms with Gasteiger partial charge in [-0.25, -0.2) is 0 Å². The first-order valence-corrected chi connectivity index (χ1v) is 9.08. The molecule has 3 fully saturated rings. The second-order valence-corrected chi connectivity index (χ2v) is 7.92. The van der Waals surface area contributed by atoms with Gasteiger partial charge in [-0.3, -0.25) is 4.79 Å². The van der Waals surface area contributed by atoms with Gasteiger partial charge in [0.15, 0.2) is 5.78 Å². The summed E-state index contributed by atoms with van der Waals surface area (Å²) in [5.74, 6) is 1.51. The smallest absolute Gasteiger partial charge is 0.183 e. The lowest BCUT2D eigenvalue weighted by Crippen LogP contribution is -2.47. The van der Waals surface area contributed by atoms with Crippen LogP contribution in [0.25, 0.3) is 10.1 Å². The number of hydrogen-bond donors (Lipinski definition) is 0. The fourth-order valence-corrected chi connectivity index (χ4v) is 5.11. The highest BCUT2D eigenvalue weighted by Gasteiger charge is 2.35. The largest absolute Gasteiger partial charge is 0.303 e. The van der Waals surface area contributed by atoms with Gasteiger partial charge in [-0.1, -0.05) is 22.0 Å². The third-order valence-electron chi connectivity index (χ3n) is 4.94. The van der Waals surface area contributed by atoms with Gasteiger partial charge in [0.05, 0.1) is 4.70 Å². The van der Waals surface area contributed by atoms with Gasteiger partial charge in [-0.2, -0.15) is 4.37 Å². The molecule has 3 aliphatic rings. The second kappa shape index (κ2) is 5.45. The van der Waals surface area contributed by atoms with Gasteiger partial charge in [0, 0.05) is 22.8 Å². The second-order valence-electron chi connectivity index (χ2n) is 6.20. The molecule has 0 aliphatic carbocycles. The third kappa shape index (κ3) is 2.56. The molecule has 3 saturated heterocycles. The predicted octanol–water partition coefficient (Wildman–Crippen LogP) is 3.97. The van der Waals surface area contributed by atoms with E-state index >= 15 is 0 Å². The number of piperidine rings is 3. The standard InChI is InChI=1S/C16H17BrN2OS/c17-12-1-2-13-15(8-12)21-18-16(13)14(20)7-11-9-19-5-3-10(11)4-6-19/h1-2,8,10-11H,3-7,9H2/t11-/m1/s1. The van der Waals surface area contributed by atoms with Crippen LogP contribution in [0, 0.1) is 11.8 Å². The van der Waals surface area contributed by atoms with Crippen LogP contribution in [0.5, 0.6) is 0 Å². The van der Waals surface area contributed by atoms with E-state index in [1.165, 1.54) is 37.5 Å². The van der Waals surface area contributed by atoms with Crippen molar-refractivity contribution in [3.63, 3.8) is 0 Å². The van der Waals surface area contributed by atoms with E-state index in [1.807, 2.05) is 18.2 Å². The number of rotatable bonds is 3. The lowest BCUT2D eigenvalue weighted by molar-refractivity contribution is 0.0440. The molecule has 0 amide bonds. The van der Waals surface area contributed by atoms with Crippen LogP contribution >= 0.6 is 27.5 Å². The molecule has 1 aromatic carbocycles. The number of ketones is 1. The minimum absolute atomic E-state index is 0.224. The summed E-state index contributed by atoms with van der Waals surface area (Å²) in [6.07, 6.45) is 3.20. The van der Waals surface area contributed by atoms with Gasteiger partial charge in [-0.15, -0.1) is 0 Å². The Balaban J connectivity index is 1.56. The highest BCUT2D eigenvalue weighted by atomic mass is 79.9. The first-order valence-electron chi connectivity index (χ1n) is 7.51. The summed E-state index contributed by atoms with van der Waals surface area (Å²) in [6, 6.07) is 6.03. The van der Waals surface area contributed by atoms with E-state index in [1.54, 1.807) is 0 Å². The van der Waals surface area contributed by atoms with Crippen molar-refractivity contribution in [2.24, 2.45) is 11.8 Å². The third-order valence-corrected chi connectivity index (χ3v) is 6.24. The monoisotopic (exact) mass is 364 g/mol. The Hall–Kier alpha value is -0.780. The van der Waals surface area contributed by atoms with E-state index in [0.29, 0.717) is 18.0 Å². The molecule has 0 radical (unpaired) electrons. The minimum Gasteiger partial charge on any atom is -0.303 e. The SMILES string of the molecule is O=C(C[C@@H]1CN2CCC1CC2)c1nsc2cc(Br)ccc12. The zero-order chi connectivity index (χ0) is 14.4.